The predicted octanol–water partition coefficient (Wildman–Crippen LogP) is 4.31. The number of halogens is 1. The first-order chi connectivity index (χ1) is 9.65. The number of aryl methyl sites for hydroxylation is 2. The van der Waals surface area contributed by atoms with Gasteiger partial charge in [-0.05, 0) is 55.2 Å². The van der Waals surface area contributed by atoms with Crippen molar-refractivity contribution >= 4 is 21.7 Å². The molecule has 2 aromatic carbocycles. The van der Waals surface area contributed by atoms with E-state index in [0.29, 0.717) is 5.56 Å². The van der Waals surface area contributed by atoms with Crippen LogP contribution in [0.25, 0.3) is 0 Å². The van der Waals surface area contributed by atoms with E-state index < -0.39 is 0 Å². The van der Waals surface area contributed by atoms with Crippen LogP contribution in [0, 0.1) is 6.92 Å². The second-order valence-electron chi connectivity index (χ2n) is 5.07. The largest absolute Gasteiger partial charge is 0.493 e. The van der Waals surface area contributed by atoms with Crippen LogP contribution in [-0.4, -0.2) is 12.4 Å². The van der Waals surface area contributed by atoms with Crippen LogP contribution >= 0.6 is 15.9 Å². The van der Waals surface area contributed by atoms with E-state index in [-0.39, 0.29) is 5.78 Å². The molecule has 1 heterocycles. The standard InChI is InChI=1S/C17H15BrO2/c1-11-4-5-14(10-15(11)18)17(19)13-6-7-16-12(9-13)3-2-8-20-16/h4-7,9-10H,2-3,8H2,1H3. The first kappa shape index (κ1) is 13.4. The molecule has 0 fully saturated rings. The number of rotatable bonds is 2. The van der Waals surface area contributed by atoms with E-state index in [0.717, 1.165) is 46.4 Å². The van der Waals surface area contributed by atoms with Gasteiger partial charge in [-0.1, -0.05) is 28.1 Å². The van der Waals surface area contributed by atoms with E-state index in [1.165, 1.54) is 0 Å². The van der Waals surface area contributed by atoms with E-state index in [4.69, 9.17) is 4.74 Å². The summed E-state index contributed by atoms with van der Waals surface area (Å²) in [5, 5.41) is 0. The molecule has 1 aliphatic heterocycles. The summed E-state index contributed by atoms with van der Waals surface area (Å²) in [6.45, 7) is 2.78. The molecule has 0 atom stereocenters. The summed E-state index contributed by atoms with van der Waals surface area (Å²) in [6.07, 6.45) is 1.99. The molecule has 102 valence electrons. The number of hydrogen-bond donors (Lipinski definition) is 0. The minimum absolute atomic E-state index is 0.0547. The molecule has 0 bridgehead atoms. The van der Waals surface area contributed by atoms with Crippen molar-refractivity contribution in [3.8, 4) is 5.75 Å². The zero-order valence-corrected chi connectivity index (χ0v) is 12.9. The fourth-order valence-corrected chi connectivity index (χ4v) is 2.78. The summed E-state index contributed by atoms with van der Waals surface area (Å²) < 4.78 is 6.54. The fraction of sp³-hybridized carbons (Fsp3) is 0.235. The maximum atomic E-state index is 12.5. The van der Waals surface area contributed by atoms with Crippen molar-refractivity contribution in [3.63, 3.8) is 0 Å². The number of ketones is 1. The molecule has 1 aliphatic rings. The molecular formula is C17H15BrO2. The molecular weight excluding hydrogens is 316 g/mol. The van der Waals surface area contributed by atoms with Crippen molar-refractivity contribution < 1.29 is 9.53 Å². The van der Waals surface area contributed by atoms with Crippen LogP contribution in [0.2, 0.25) is 0 Å². The Morgan fingerprint density at radius 3 is 2.70 bits per heavy atom. The number of ether oxygens (including phenoxy) is 1. The van der Waals surface area contributed by atoms with Gasteiger partial charge in [0.05, 0.1) is 6.61 Å². The van der Waals surface area contributed by atoms with Crippen molar-refractivity contribution in [1.82, 2.24) is 0 Å². The summed E-state index contributed by atoms with van der Waals surface area (Å²) in [5.74, 6) is 0.969. The van der Waals surface area contributed by atoms with Crippen LogP contribution in [-0.2, 0) is 6.42 Å². The molecule has 20 heavy (non-hydrogen) atoms. The third-order valence-corrected chi connectivity index (χ3v) is 4.46. The smallest absolute Gasteiger partial charge is 0.193 e. The van der Waals surface area contributed by atoms with Gasteiger partial charge in [0.25, 0.3) is 0 Å². The highest BCUT2D eigenvalue weighted by molar-refractivity contribution is 9.10. The lowest BCUT2D eigenvalue weighted by Crippen LogP contribution is -2.10. The molecule has 3 rings (SSSR count). The molecule has 0 aromatic heterocycles. The highest BCUT2D eigenvalue weighted by Crippen LogP contribution is 2.27. The third kappa shape index (κ3) is 2.50. The van der Waals surface area contributed by atoms with Gasteiger partial charge in [0.2, 0.25) is 0 Å². The minimum atomic E-state index is 0.0547. The fourth-order valence-electron chi connectivity index (χ4n) is 2.40. The number of fused-ring (bicyclic) bond motifs is 1. The van der Waals surface area contributed by atoms with Gasteiger partial charge in [0, 0.05) is 15.6 Å². The molecule has 0 spiro atoms. The molecule has 2 aromatic rings. The molecule has 0 saturated heterocycles. The minimum Gasteiger partial charge on any atom is -0.493 e. The van der Waals surface area contributed by atoms with Crippen LogP contribution < -0.4 is 4.74 Å². The van der Waals surface area contributed by atoms with Crippen LogP contribution in [0.1, 0.15) is 33.5 Å². The van der Waals surface area contributed by atoms with Crippen LogP contribution in [0.5, 0.6) is 5.75 Å². The summed E-state index contributed by atoms with van der Waals surface area (Å²) in [4.78, 5) is 12.5. The van der Waals surface area contributed by atoms with E-state index in [1.54, 1.807) is 0 Å². The van der Waals surface area contributed by atoms with Crippen molar-refractivity contribution in [2.45, 2.75) is 19.8 Å². The first-order valence-electron chi connectivity index (χ1n) is 6.72. The zero-order chi connectivity index (χ0) is 14.1. The van der Waals surface area contributed by atoms with Gasteiger partial charge in [0.1, 0.15) is 5.75 Å². The van der Waals surface area contributed by atoms with Gasteiger partial charge in [-0.15, -0.1) is 0 Å². The number of benzene rings is 2. The average molecular weight is 331 g/mol. The predicted molar refractivity (Wildman–Crippen MR) is 82.6 cm³/mol. The normalized spacial score (nSPS) is 13.5. The molecule has 0 radical (unpaired) electrons. The Labute approximate surface area is 126 Å². The molecule has 3 heteroatoms. The average Bonchev–Trinajstić information content (AvgIpc) is 2.49. The van der Waals surface area contributed by atoms with Gasteiger partial charge < -0.3 is 4.74 Å². The monoisotopic (exact) mass is 330 g/mol. The lowest BCUT2D eigenvalue weighted by atomic mass is 9.97. The highest BCUT2D eigenvalue weighted by Gasteiger charge is 2.15. The van der Waals surface area contributed by atoms with Gasteiger partial charge in [0.15, 0.2) is 5.78 Å². The topological polar surface area (TPSA) is 26.3 Å². The molecule has 0 amide bonds. The number of carbonyl (C=O) groups is 1. The Hall–Kier alpha value is -1.61. The second-order valence-corrected chi connectivity index (χ2v) is 5.92. The van der Waals surface area contributed by atoms with Crippen molar-refractivity contribution in [2.75, 3.05) is 6.61 Å². The van der Waals surface area contributed by atoms with Crippen LogP contribution in [0.4, 0.5) is 0 Å². The van der Waals surface area contributed by atoms with Crippen LogP contribution in [0.3, 0.4) is 0 Å². The quantitative estimate of drug-likeness (QED) is 0.767. The maximum absolute atomic E-state index is 12.5. The van der Waals surface area contributed by atoms with E-state index in [9.17, 15) is 4.79 Å². The molecule has 0 saturated carbocycles. The molecule has 2 nitrogen and oxygen atoms in total. The molecule has 0 aliphatic carbocycles. The van der Waals surface area contributed by atoms with E-state index in [2.05, 4.69) is 15.9 Å². The Bertz CT molecular complexity index is 677. The Morgan fingerprint density at radius 1 is 1.15 bits per heavy atom. The third-order valence-electron chi connectivity index (χ3n) is 3.60. The van der Waals surface area contributed by atoms with E-state index >= 15 is 0 Å². The summed E-state index contributed by atoms with van der Waals surface area (Å²) >= 11 is 3.47. The molecule has 0 unspecified atom stereocenters. The van der Waals surface area contributed by atoms with Crippen molar-refractivity contribution in [1.29, 1.82) is 0 Å². The Morgan fingerprint density at radius 2 is 1.90 bits per heavy atom. The van der Waals surface area contributed by atoms with Crippen molar-refractivity contribution in [2.24, 2.45) is 0 Å². The highest BCUT2D eigenvalue weighted by atomic mass is 79.9. The van der Waals surface area contributed by atoms with Crippen molar-refractivity contribution in [3.05, 3.63) is 63.1 Å². The lowest BCUT2D eigenvalue weighted by Gasteiger charge is -2.17. The van der Waals surface area contributed by atoms with Gasteiger partial charge in [-0.25, -0.2) is 0 Å². The lowest BCUT2D eigenvalue weighted by molar-refractivity contribution is 0.103. The summed E-state index contributed by atoms with van der Waals surface area (Å²) in [5.41, 5.74) is 3.69. The molecule has 0 N–H and O–H groups in total. The van der Waals surface area contributed by atoms with Gasteiger partial charge in [-0.2, -0.15) is 0 Å². The first-order valence-corrected chi connectivity index (χ1v) is 7.51. The maximum Gasteiger partial charge on any atom is 0.193 e. The summed E-state index contributed by atoms with van der Waals surface area (Å²) in [7, 11) is 0. The van der Waals surface area contributed by atoms with Gasteiger partial charge >= 0.3 is 0 Å². The van der Waals surface area contributed by atoms with Crippen LogP contribution in [0.15, 0.2) is 40.9 Å². The Balaban J connectivity index is 1.95. The Kier molecular flexibility index (Phi) is 3.62. The number of hydrogen-bond acceptors (Lipinski definition) is 2. The SMILES string of the molecule is Cc1ccc(C(=O)c2ccc3c(c2)CCCO3)cc1Br. The summed E-state index contributed by atoms with van der Waals surface area (Å²) in [6, 6.07) is 11.4. The zero-order valence-electron chi connectivity index (χ0n) is 11.3. The van der Waals surface area contributed by atoms with Gasteiger partial charge in [-0.3, -0.25) is 4.79 Å². The number of carbonyl (C=O) groups excluding carboxylic acids is 1. The van der Waals surface area contributed by atoms with E-state index in [1.807, 2.05) is 43.3 Å². The second kappa shape index (κ2) is 5.41.